The van der Waals surface area contributed by atoms with Crippen molar-refractivity contribution in [3.05, 3.63) is 65.2 Å². The van der Waals surface area contributed by atoms with Crippen molar-refractivity contribution in [3.8, 4) is 0 Å². The predicted molar refractivity (Wildman–Crippen MR) is 90.6 cm³/mol. The molecule has 0 amide bonds. The average molecular weight is 283 g/mol. The van der Waals surface area contributed by atoms with E-state index in [2.05, 4.69) is 72.4 Å². The second-order valence-corrected chi connectivity index (χ2v) is 5.95. The summed E-state index contributed by atoms with van der Waals surface area (Å²) in [4.78, 5) is 4.25. The molecule has 0 aliphatic rings. The Morgan fingerprint density at radius 1 is 0.905 bits per heavy atom. The number of rotatable bonds is 5. The molecule has 1 unspecified atom stereocenters. The first kappa shape index (κ1) is 15.5. The van der Waals surface area contributed by atoms with Gasteiger partial charge < -0.3 is 15.5 Å². The van der Waals surface area contributed by atoms with Crippen molar-refractivity contribution < 1.29 is 0 Å². The Balaban J connectivity index is 2.20. The van der Waals surface area contributed by atoms with E-state index in [0.29, 0.717) is 0 Å². The van der Waals surface area contributed by atoms with E-state index in [4.69, 9.17) is 5.73 Å². The summed E-state index contributed by atoms with van der Waals surface area (Å²) in [5.41, 5.74) is 11.2. The molecule has 0 heterocycles. The molecule has 0 aliphatic carbocycles. The lowest BCUT2D eigenvalue weighted by atomic mass is 9.97. The zero-order chi connectivity index (χ0) is 15.4. The first-order valence-corrected chi connectivity index (χ1v) is 7.24. The number of hydrogen-bond acceptors (Lipinski definition) is 3. The maximum Gasteiger partial charge on any atom is 0.0551 e. The molecule has 2 aromatic rings. The lowest BCUT2D eigenvalue weighted by Gasteiger charge is -2.17. The number of hydrogen-bond donors (Lipinski definition) is 1. The summed E-state index contributed by atoms with van der Waals surface area (Å²) in [7, 11) is 8.23. The zero-order valence-electron chi connectivity index (χ0n) is 13.4. The van der Waals surface area contributed by atoms with Crippen LogP contribution in [0.5, 0.6) is 0 Å². The smallest absolute Gasteiger partial charge is 0.0551 e. The number of nitrogens with zero attached hydrogens (tertiary/aromatic N) is 2. The normalized spacial score (nSPS) is 12.5. The summed E-state index contributed by atoms with van der Waals surface area (Å²) in [5, 5.41) is 0. The number of benzene rings is 2. The van der Waals surface area contributed by atoms with Crippen LogP contribution in [-0.4, -0.2) is 33.1 Å². The molecule has 3 heteroatoms. The summed E-state index contributed by atoms with van der Waals surface area (Å²) in [5.74, 6) is 0. The molecule has 112 valence electrons. The van der Waals surface area contributed by atoms with Crippen LogP contribution in [-0.2, 0) is 6.54 Å². The molecule has 0 saturated heterocycles. The fourth-order valence-corrected chi connectivity index (χ4v) is 2.42. The first-order chi connectivity index (χ1) is 9.97. The Hall–Kier alpha value is -1.84. The van der Waals surface area contributed by atoms with Gasteiger partial charge >= 0.3 is 0 Å². The Kier molecular flexibility index (Phi) is 4.99. The summed E-state index contributed by atoms with van der Waals surface area (Å²) in [6.07, 6.45) is 0. The Labute approximate surface area is 128 Å². The third kappa shape index (κ3) is 4.06. The van der Waals surface area contributed by atoms with Crippen LogP contribution in [0.15, 0.2) is 48.5 Å². The molecule has 0 bridgehead atoms. The SMILES string of the molecule is CN(C)Cc1cccc(C(N)c2ccc(N(C)C)cc2)c1. The monoisotopic (exact) mass is 283 g/mol. The maximum atomic E-state index is 6.41. The third-order valence-electron chi connectivity index (χ3n) is 3.58. The maximum absolute atomic E-state index is 6.41. The molecule has 21 heavy (non-hydrogen) atoms. The molecule has 0 fully saturated rings. The van der Waals surface area contributed by atoms with Gasteiger partial charge in [-0.15, -0.1) is 0 Å². The molecular formula is C18H25N3. The van der Waals surface area contributed by atoms with E-state index in [9.17, 15) is 0 Å². The van der Waals surface area contributed by atoms with Gasteiger partial charge in [0.2, 0.25) is 0 Å². The van der Waals surface area contributed by atoms with Gasteiger partial charge in [0.05, 0.1) is 6.04 Å². The lowest BCUT2D eigenvalue weighted by molar-refractivity contribution is 0.402. The van der Waals surface area contributed by atoms with E-state index in [0.717, 1.165) is 17.7 Å². The Morgan fingerprint density at radius 3 is 2.14 bits per heavy atom. The van der Waals surface area contributed by atoms with Gasteiger partial charge in [0.15, 0.2) is 0 Å². The molecule has 0 radical (unpaired) electrons. The fourth-order valence-electron chi connectivity index (χ4n) is 2.42. The quantitative estimate of drug-likeness (QED) is 0.916. The van der Waals surface area contributed by atoms with Crippen molar-refractivity contribution in [2.75, 3.05) is 33.1 Å². The van der Waals surface area contributed by atoms with Crippen LogP contribution >= 0.6 is 0 Å². The van der Waals surface area contributed by atoms with E-state index < -0.39 is 0 Å². The van der Waals surface area contributed by atoms with Gasteiger partial charge in [0, 0.05) is 26.3 Å². The van der Waals surface area contributed by atoms with Gasteiger partial charge in [-0.3, -0.25) is 0 Å². The van der Waals surface area contributed by atoms with Gasteiger partial charge in [-0.1, -0.05) is 36.4 Å². The van der Waals surface area contributed by atoms with Crippen LogP contribution in [0, 0.1) is 0 Å². The fraction of sp³-hybridized carbons (Fsp3) is 0.333. The minimum Gasteiger partial charge on any atom is -0.378 e. The summed E-state index contributed by atoms with van der Waals surface area (Å²) < 4.78 is 0. The molecule has 0 aliphatic heterocycles. The molecule has 1 atom stereocenters. The second-order valence-electron chi connectivity index (χ2n) is 5.95. The topological polar surface area (TPSA) is 32.5 Å². The summed E-state index contributed by atoms with van der Waals surface area (Å²) in [6.45, 7) is 0.931. The van der Waals surface area contributed by atoms with E-state index in [-0.39, 0.29) is 6.04 Å². The molecule has 2 N–H and O–H groups in total. The van der Waals surface area contributed by atoms with Crippen molar-refractivity contribution in [1.29, 1.82) is 0 Å². The van der Waals surface area contributed by atoms with Crippen LogP contribution in [0.25, 0.3) is 0 Å². The van der Waals surface area contributed by atoms with E-state index in [1.165, 1.54) is 11.3 Å². The van der Waals surface area contributed by atoms with Gasteiger partial charge in [-0.05, 0) is 42.9 Å². The van der Waals surface area contributed by atoms with Gasteiger partial charge in [-0.25, -0.2) is 0 Å². The summed E-state index contributed by atoms with van der Waals surface area (Å²) >= 11 is 0. The van der Waals surface area contributed by atoms with Crippen LogP contribution in [0.3, 0.4) is 0 Å². The van der Waals surface area contributed by atoms with Gasteiger partial charge in [-0.2, -0.15) is 0 Å². The molecule has 2 aromatic carbocycles. The van der Waals surface area contributed by atoms with Crippen LogP contribution in [0.1, 0.15) is 22.7 Å². The lowest BCUT2D eigenvalue weighted by Crippen LogP contribution is -2.14. The highest BCUT2D eigenvalue weighted by Gasteiger charge is 2.10. The molecule has 0 saturated carbocycles. The highest BCUT2D eigenvalue weighted by molar-refractivity contribution is 5.47. The van der Waals surface area contributed by atoms with Crippen molar-refractivity contribution >= 4 is 5.69 Å². The van der Waals surface area contributed by atoms with E-state index in [1.807, 2.05) is 14.1 Å². The molecule has 0 aromatic heterocycles. The average Bonchev–Trinajstić information content (AvgIpc) is 2.46. The van der Waals surface area contributed by atoms with Crippen LogP contribution in [0.4, 0.5) is 5.69 Å². The van der Waals surface area contributed by atoms with E-state index >= 15 is 0 Å². The molecule has 2 rings (SSSR count). The van der Waals surface area contributed by atoms with Crippen molar-refractivity contribution in [2.45, 2.75) is 12.6 Å². The number of anilines is 1. The molecular weight excluding hydrogens is 258 g/mol. The highest BCUT2D eigenvalue weighted by atomic mass is 15.1. The van der Waals surface area contributed by atoms with Gasteiger partial charge in [0.25, 0.3) is 0 Å². The van der Waals surface area contributed by atoms with Crippen LogP contribution < -0.4 is 10.6 Å². The minimum atomic E-state index is -0.0803. The first-order valence-electron chi connectivity index (χ1n) is 7.24. The van der Waals surface area contributed by atoms with E-state index in [1.54, 1.807) is 0 Å². The van der Waals surface area contributed by atoms with Gasteiger partial charge in [0.1, 0.15) is 0 Å². The van der Waals surface area contributed by atoms with Crippen molar-refractivity contribution in [2.24, 2.45) is 5.73 Å². The zero-order valence-corrected chi connectivity index (χ0v) is 13.4. The third-order valence-corrected chi connectivity index (χ3v) is 3.58. The summed E-state index contributed by atoms with van der Waals surface area (Å²) in [6, 6.07) is 16.9. The van der Waals surface area contributed by atoms with Crippen molar-refractivity contribution in [3.63, 3.8) is 0 Å². The standard InChI is InChI=1S/C18H25N3/c1-20(2)13-14-6-5-7-16(12-14)18(19)15-8-10-17(11-9-15)21(3)4/h5-12,18H,13,19H2,1-4H3. The Bertz CT molecular complexity index is 573. The molecule has 3 nitrogen and oxygen atoms in total. The molecule has 0 spiro atoms. The second kappa shape index (κ2) is 6.74. The predicted octanol–water partition coefficient (Wildman–Crippen LogP) is 2.86. The Morgan fingerprint density at radius 2 is 1.57 bits per heavy atom. The number of nitrogens with two attached hydrogens (primary N) is 1. The van der Waals surface area contributed by atoms with Crippen LogP contribution in [0.2, 0.25) is 0 Å². The largest absolute Gasteiger partial charge is 0.378 e. The van der Waals surface area contributed by atoms with Crippen molar-refractivity contribution in [1.82, 2.24) is 4.90 Å². The minimum absolute atomic E-state index is 0.0803. The highest BCUT2D eigenvalue weighted by Crippen LogP contribution is 2.23.